The number of nitrogens with zero attached hydrogens (tertiary/aromatic N) is 3. The highest BCUT2D eigenvalue weighted by Crippen LogP contribution is 2.42. The van der Waals surface area contributed by atoms with Crippen molar-refractivity contribution < 1.29 is 4.79 Å². The highest BCUT2D eigenvalue weighted by Gasteiger charge is 2.43. The van der Waals surface area contributed by atoms with Gasteiger partial charge in [0.15, 0.2) is 0 Å². The zero-order chi connectivity index (χ0) is 16.6. The van der Waals surface area contributed by atoms with Crippen LogP contribution in [-0.4, -0.2) is 41.5 Å². The number of likely N-dealkylation sites (tertiary alicyclic amines) is 1. The third kappa shape index (κ3) is 3.03. The standard InChI is InChI=1S/C20H29N3O/c1-16-13-18(8-11-21-16)22-12-4-9-20(14-22)10-7-19(24)23(15-20)17-5-2-3-6-17/h8,11,13,17H,2-7,9-10,12,14-15H2,1H3/t20-/m0/s1. The van der Waals surface area contributed by atoms with Crippen molar-refractivity contribution in [2.75, 3.05) is 24.5 Å². The number of pyridine rings is 1. The summed E-state index contributed by atoms with van der Waals surface area (Å²) < 4.78 is 0. The van der Waals surface area contributed by atoms with Gasteiger partial charge in [0, 0.05) is 55.1 Å². The molecular weight excluding hydrogens is 298 g/mol. The topological polar surface area (TPSA) is 36.4 Å². The second kappa shape index (κ2) is 6.38. The van der Waals surface area contributed by atoms with E-state index in [4.69, 9.17) is 0 Å². The van der Waals surface area contributed by atoms with Gasteiger partial charge in [-0.05, 0) is 51.2 Å². The number of aromatic nitrogens is 1. The van der Waals surface area contributed by atoms with E-state index < -0.39 is 0 Å². The molecule has 0 N–H and O–H groups in total. The number of aryl methyl sites for hydroxylation is 1. The molecule has 130 valence electrons. The van der Waals surface area contributed by atoms with Gasteiger partial charge in [-0.1, -0.05) is 12.8 Å². The van der Waals surface area contributed by atoms with Gasteiger partial charge in [-0.2, -0.15) is 0 Å². The monoisotopic (exact) mass is 327 g/mol. The molecule has 1 aliphatic carbocycles. The van der Waals surface area contributed by atoms with E-state index in [2.05, 4.69) is 33.8 Å². The minimum Gasteiger partial charge on any atom is -0.371 e. The van der Waals surface area contributed by atoms with E-state index in [1.54, 1.807) is 0 Å². The van der Waals surface area contributed by atoms with E-state index in [-0.39, 0.29) is 0 Å². The molecule has 4 heteroatoms. The summed E-state index contributed by atoms with van der Waals surface area (Å²) in [5.41, 5.74) is 2.68. The van der Waals surface area contributed by atoms with Crippen LogP contribution in [0.1, 0.15) is 57.1 Å². The highest BCUT2D eigenvalue weighted by atomic mass is 16.2. The molecule has 1 saturated carbocycles. The fraction of sp³-hybridized carbons (Fsp3) is 0.700. The van der Waals surface area contributed by atoms with Crippen LogP contribution in [0.2, 0.25) is 0 Å². The Morgan fingerprint density at radius 1 is 1.17 bits per heavy atom. The molecule has 2 saturated heterocycles. The van der Waals surface area contributed by atoms with Gasteiger partial charge < -0.3 is 9.80 Å². The number of anilines is 1. The Morgan fingerprint density at radius 2 is 2.00 bits per heavy atom. The summed E-state index contributed by atoms with van der Waals surface area (Å²) in [5, 5.41) is 0. The molecular formula is C20H29N3O. The fourth-order valence-electron chi connectivity index (χ4n) is 5.08. The Hall–Kier alpha value is -1.58. The minimum atomic E-state index is 0.298. The molecule has 0 aromatic carbocycles. The molecule has 3 aliphatic rings. The van der Waals surface area contributed by atoms with Gasteiger partial charge in [0.2, 0.25) is 5.91 Å². The zero-order valence-corrected chi connectivity index (χ0v) is 14.8. The first-order valence-corrected chi connectivity index (χ1v) is 9.62. The van der Waals surface area contributed by atoms with E-state index >= 15 is 0 Å². The number of carbonyl (C=O) groups excluding carboxylic acids is 1. The normalized spacial score (nSPS) is 28.8. The van der Waals surface area contributed by atoms with Gasteiger partial charge in [-0.25, -0.2) is 0 Å². The van der Waals surface area contributed by atoms with Crippen molar-refractivity contribution in [2.24, 2.45) is 5.41 Å². The summed E-state index contributed by atoms with van der Waals surface area (Å²) >= 11 is 0. The quantitative estimate of drug-likeness (QED) is 0.833. The second-order valence-electron chi connectivity index (χ2n) is 8.14. The van der Waals surface area contributed by atoms with Crippen molar-refractivity contribution in [3.63, 3.8) is 0 Å². The second-order valence-corrected chi connectivity index (χ2v) is 8.14. The summed E-state index contributed by atoms with van der Waals surface area (Å²) in [5.74, 6) is 0.407. The van der Waals surface area contributed by atoms with E-state index in [0.717, 1.165) is 38.2 Å². The Labute approximate surface area is 145 Å². The maximum Gasteiger partial charge on any atom is 0.222 e. The van der Waals surface area contributed by atoms with Crippen LogP contribution >= 0.6 is 0 Å². The van der Waals surface area contributed by atoms with E-state index in [1.807, 2.05) is 6.20 Å². The Morgan fingerprint density at radius 3 is 2.79 bits per heavy atom. The van der Waals surface area contributed by atoms with Crippen LogP contribution in [0.25, 0.3) is 0 Å². The van der Waals surface area contributed by atoms with E-state index in [9.17, 15) is 4.79 Å². The van der Waals surface area contributed by atoms with E-state index in [0.29, 0.717) is 17.4 Å². The molecule has 24 heavy (non-hydrogen) atoms. The summed E-state index contributed by atoms with van der Waals surface area (Å²) in [6, 6.07) is 4.85. The van der Waals surface area contributed by atoms with Crippen molar-refractivity contribution >= 4 is 11.6 Å². The summed E-state index contributed by atoms with van der Waals surface area (Å²) in [6.45, 7) is 5.26. The van der Waals surface area contributed by atoms with Gasteiger partial charge in [0.1, 0.15) is 0 Å². The van der Waals surface area contributed by atoms with Crippen LogP contribution in [0.5, 0.6) is 0 Å². The lowest BCUT2D eigenvalue weighted by Gasteiger charge is -2.50. The SMILES string of the molecule is Cc1cc(N2CCC[C@]3(CCC(=O)N(C4CCCC4)C3)C2)ccn1. The van der Waals surface area contributed by atoms with Gasteiger partial charge in [-0.3, -0.25) is 9.78 Å². The number of amides is 1. The number of rotatable bonds is 2. The molecule has 0 unspecified atom stereocenters. The number of carbonyl (C=O) groups is 1. The smallest absolute Gasteiger partial charge is 0.222 e. The first kappa shape index (κ1) is 15.9. The molecule has 3 heterocycles. The predicted molar refractivity (Wildman–Crippen MR) is 96.1 cm³/mol. The first-order chi connectivity index (χ1) is 11.7. The molecule has 1 atom stereocenters. The van der Waals surface area contributed by atoms with Gasteiger partial charge >= 0.3 is 0 Å². The molecule has 4 rings (SSSR count). The predicted octanol–water partition coefficient (Wildman–Crippen LogP) is 3.54. The van der Waals surface area contributed by atoms with E-state index in [1.165, 1.54) is 44.2 Å². The van der Waals surface area contributed by atoms with Crippen LogP contribution in [0.15, 0.2) is 18.3 Å². The third-order valence-corrected chi connectivity index (χ3v) is 6.37. The average Bonchev–Trinajstić information content (AvgIpc) is 3.12. The molecule has 4 nitrogen and oxygen atoms in total. The maximum atomic E-state index is 12.5. The van der Waals surface area contributed by atoms with Crippen LogP contribution in [-0.2, 0) is 4.79 Å². The van der Waals surface area contributed by atoms with Crippen molar-refractivity contribution in [1.29, 1.82) is 0 Å². The van der Waals surface area contributed by atoms with Crippen LogP contribution in [0.3, 0.4) is 0 Å². The molecule has 0 bridgehead atoms. The Bertz CT molecular complexity index is 611. The Balaban J connectivity index is 1.52. The van der Waals surface area contributed by atoms with Crippen LogP contribution < -0.4 is 4.90 Å². The largest absolute Gasteiger partial charge is 0.371 e. The molecule has 2 aliphatic heterocycles. The van der Waals surface area contributed by atoms with Crippen molar-refractivity contribution in [3.05, 3.63) is 24.0 Å². The van der Waals surface area contributed by atoms with Crippen molar-refractivity contribution in [3.8, 4) is 0 Å². The lowest BCUT2D eigenvalue weighted by atomic mass is 9.73. The minimum absolute atomic E-state index is 0.298. The fourth-order valence-corrected chi connectivity index (χ4v) is 5.08. The average molecular weight is 327 g/mol. The van der Waals surface area contributed by atoms with Gasteiger partial charge in [0.05, 0.1) is 0 Å². The molecule has 0 radical (unpaired) electrons. The zero-order valence-electron chi connectivity index (χ0n) is 14.8. The molecule has 3 fully saturated rings. The number of piperidine rings is 2. The van der Waals surface area contributed by atoms with Gasteiger partial charge in [-0.15, -0.1) is 0 Å². The molecule has 1 aromatic rings. The lowest BCUT2D eigenvalue weighted by Crippen LogP contribution is -2.56. The van der Waals surface area contributed by atoms with Crippen molar-refractivity contribution in [2.45, 2.75) is 64.3 Å². The molecule has 1 aromatic heterocycles. The number of hydrogen-bond acceptors (Lipinski definition) is 3. The summed E-state index contributed by atoms with van der Waals surface area (Å²) in [6.07, 6.45) is 11.3. The molecule has 1 spiro atoms. The van der Waals surface area contributed by atoms with Crippen LogP contribution in [0.4, 0.5) is 5.69 Å². The maximum absolute atomic E-state index is 12.5. The highest BCUT2D eigenvalue weighted by molar-refractivity contribution is 5.77. The molecule has 1 amide bonds. The van der Waals surface area contributed by atoms with Gasteiger partial charge in [0.25, 0.3) is 0 Å². The van der Waals surface area contributed by atoms with Crippen LogP contribution in [0, 0.1) is 12.3 Å². The summed E-state index contributed by atoms with van der Waals surface area (Å²) in [4.78, 5) is 21.6. The summed E-state index contributed by atoms with van der Waals surface area (Å²) in [7, 11) is 0. The lowest BCUT2D eigenvalue weighted by molar-refractivity contribution is -0.140. The third-order valence-electron chi connectivity index (χ3n) is 6.37. The Kier molecular flexibility index (Phi) is 4.23. The first-order valence-electron chi connectivity index (χ1n) is 9.62. The van der Waals surface area contributed by atoms with Crippen molar-refractivity contribution in [1.82, 2.24) is 9.88 Å². The number of hydrogen-bond donors (Lipinski definition) is 0.